The van der Waals surface area contributed by atoms with Crippen LogP contribution in [0, 0.1) is 0 Å². The number of alkyl halides is 1. The second-order valence-electron chi connectivity index (χ2n) is 5.89. The minimum atomic E-state index is -0.474. The topological polar surface area (TPSA) is 20.3 Å². The Bertz CT molecular complexity index is 858. The molecule has 2 bridgehead atoms. The van der Waals surface area contributed by atoms with Crippen LogP contribution in [-0.2, 0) is 10.3 Å². The Hall–Kier alpha value is -2.06. The molecule has 1 heterocycles. The van der Waals surface area contributed by atoms with Crippen LogP contribution in [-0.4, -0.2) is 23.2 Å². The SMILES string of the molecule is CN1C(=O)C2=C3C(=C4C=CC31c1ccccc14)C=CC2Cl. The molecule has 1 amide bonds. The molecule has 5 aliphatic rings. The van der Waals surface area contributed by atoms with E-state index in [9.17, 15) is 4.79 Å². The summed E-state index contributed by atoms with van der Waals surface area (Å²) in [6, 6.07) is 8.35. The zero-order valence-electron chi connectivity index (χ0n) is 11.4. The summed E-state index contributed by atoms with van der Waals surface area (Å²) < 4.78 is 0. The van der Waals surface area contributed by atoms with E-state index < -0.39 is 5.54 Å². The molecule has 1 aromatic carbocycles. The van der Waals surface area contributed by atoms with Crippen molar-refractivity contribution < 1.29 is 4.79 Å². The number of carbonyl (C=O) groups is 1. The average molecular weight is 294 g/mol. The van der Waals surface area contributed by atoms with Crippen LogP contribution in [0.15, 0.2) is 65.3 Å². The van der Waals surface area contributed by atoms with Crippen molar-refractivity contribution in [3.8, 4) is 0 Å². The van der Waals surface area contributed by atoms with Gasteiger partial charge in [-0.2, -0.15) is 0 Å². The number of allylic oxidation sites excluding steroid dienone is 4. The smallest absolute Gasteiger partial charge is 0.253 e. The highest BCUT2D eigenvalue weighted by atomic mass is 35.5. The summed E-state index contributed by atoms with van der Waals surface area (Å²) in [5.74, 6) is 0.0365. The Morgan fingerprint density at radius 2 is 2.00 bits per heavy atom. The van der Waals surface area contributed by atoms with Crippen LogP contribution in [0.1, 0.15) is 11.1 Å². The van der Waals surface area contributed by atoms with Gasteiger partial charge in [0.05, 0.1) is 5.38 Å². The molecule has 2 atom stereocenters. The highest BCUT2D eigenvalue weighted by molar-refractivity contribution is 6.28. The molecule has 2 nitrogen and oxygen atoms in total. The molecule has 6 rings (SSSR count). The van der Waals surface area contributed by atoms with Crippen molar-refractivity contribution >= 4 is 23.1 Å². The van der Waals surface area contributed by atoms with Gasteiger partial charge in [-0.3, -0.25) is 4.79 Å². The van der Waals surface area contributed by atoms with E-state index in [1.807, 2.05) is 24.1 Å². The number of amides is 1. The predicted octanol–water partition coefficient (Wildman–Crippen LogP) is 3.16. The normalized spacial score (nSPS) is 31.2. The van der Waals surface area contributed by atoms with Gasteiger partial charge in [-0.05, 0) is 28.3 Å². The summed E-state index contributed by atoms with van der Waals surface area (Å²) in [6.07, 6.45) is 8.29. The van der Waals surface area contributed by atoms with Crippen LogP contribution in [0.3, 0.4) is 0 Å². The van der Waals surface area contributed by atoms with Crippen molar-refractivity contribution in [2.45, 2.75) is 10.9 Å². The molecule has 2 unspecified atom stereocenters. The van der Waals surface area contributed by atoms with Gasteiger partial charge >= 0.3 is 0 Å². The third kappa shape index (κ3) is 1.05. The number of halogens is 1. The van der Waals surface area contributed by atoms with E-state index in [0.29, 0.717) is 0 Å². The number of hydrogen-bond donors (Lipinski definition) is 0. The fourth-order valence-electron chi connectivity index (χ4n) is 4.19. The number of nitrogens with zero attached hydrogens (tertiary/aromatic N) is 1. The third-order valence-electron chi connectivity index (χ3n) is 5.10. The van der Waals surface area contributed by atoms with Crippen LogP contribution in [0.2, 0.25) is 0 Å². The molecule has 21 heavy (non-hydrogen) atoms. The van der Waals surface area contributed by atoms with Crippen LogP contribution < -0.4 is 0 Å². The molecule has 1 aromatic rings. The van der Waals surface area contributed by atoms with Crippen LogP contribution in [0.4, 0.5) is 0 Å². The molecular weight excluding hydrogens is 282 g/mol. The largest absolute Gasteiger partial charge is 0.324 e. The first-order valence-corrected chi connectivity index (χ1v) is 7.49. The molecule has 0 saturated heterocycles. The second-order valence-corrected chi connectivity index (χ2v) is 6.36. The maximum absolute atomic E-state index is 12.8. The molecule has 0 aromatic heterocycles. The summed E-state index contributed by atoms with van der Waals surface area (Å²) in [6.45, 7) is 0. The Kier molecular flexibility index (Phi) is 1.87. The lowest BCUT2D eigenvalue weighted by atomic mass is 9.64. The molecule has 0 N–H and O–H groups in total. The number of hydrogen-bond acceptors (Lipinski definition) is 1. The van der Waals surface area contributed by atoms with Crippen LogP contribution in [0.5, 0.6) is 0 Å². The average Bonchev–Trinajstić information content (AvgIpc) is 2.75. The lowest BCUT2D eigenvalue weighted by molar-refractivity contribution is -0.127. The highest BCUT2D eigenvalue weighted by Crippen LogP contribution is 2.59. The minimum Gasteiger partial charge on any atom is -0.324 e. The maximum Gasteiger partial charge on any atom is 0.253 e. The molecule has 4 aliphatic carbocycles. The first kappa shape index (κ1) is 11.6. The van der Waals surface area contributed by atoms with Crippen molar-refractivity contribution in [2.24, 2.45) is 0 Å². The summed E-state index contributed by atoms with van der Waals surface area (Å²) in [5, 5.41) is -0.335. The zero-order valence-corrected chi connectivity index (χ0v) is 12.2. The van der Waals surface area contributed by atoms with Crippen molar-refractivity contribution in [3.05, 3.63) is 76.4 Å². The van der Waals surface area contributed by atoms with Gasteiger partial charge in [0.2, 0.25) is 0 Å². The number of carbonyl (C=O) groups excluding carboxylic acids is 1. The van der Waals surface area contributed by atoms with Gasteiger partial charge < -0.3 is 4.90 Å². The molecule has 1 aliphatic heterocycles. The third-order valence-corrected chi connectivity index (χ3v) is 5.46. The van der Waals surface area contributed by atoms with E-state index in [4.69, 9.17) is 11.6 Å². The standard InChI is InChI=1S/C18H12ClNO/c1-20-17(21)15-14(19)7-6-12-10-8-9-18(20,16(12)15)13-5-3-2-4-11(10)13/h2-9,14H,1H3. The van der Waals surface area contributed by atoms with Gasteiger partial charge in [-0.1, -0.05) is 42.5 Å². The summed E-state index contributed by atoms with van der Waals surface area (Å²) >= 11 is 6.41. The Balaban J connectivity index is 2.00. The molecule has 1 spiro atoms. The fourth-order valence-corrected chi connectivity index (χ4v) is 4.47. The summed E-state index contributed by atoms with van der Waals surface area (Å²) in [4.78, 5) is 14.6. The maximum atomic E-state index is 12.8. The summed E-state index contributed by atoms with van der Waals surface area (Å²) in [5.41, 5.74) is 6.12. The Morgan fingerprint density at radius 1 is 1.19 bits per heavy atom. The van der Waals surface area contributed by atoms with Gasteiger partial charge in [0.1, 0.15) is 5.54 Å². The first-order chi connectivity index (χ1) is 10.2. The molecule has 3 heteroatoms. The lowest BCUT2D eigenvalue weighted by Crippen LogP contribution is -2.45. The summed E-state index contributed by atoms with van der Waals surface area (Å²) in [7, 11) is 1.87. The fraction of sp³-hybridized carbons (Fsp3) is 0.167. The van der Waals surface area contributed by atoms with E-state index in [0.717, 1.165) is 16.7 Å². The van der Waals surface area contributed by atoms with E-state index >= 15 is 0 Å². The van der Waals surface area contributed by atoms with Crippen LogP contribution >= 0.6 is 11.6 Å². The quantitative estimate of drug-likeness (QED) is 0.673. The van der Waals surface area contributed by atoms with E-state index in [1.54, 1.807) is 0 Å². The van der Waals surface area contributed by atoms with Crippen molar-refractivity contribution in [1.29, 1.82) is 0 Å². The van der Waals surface area contributed by atoms with E-state index in [2.05, 4.69) is 36.4 Å². The van der Waals surface area contributed by atoms with Gasteiger partial charge in [0.25, 0.3) is 5.91 Å². The van der Waals surface area contributed by atoms with Gasteiger partial charge in [0, 0.05) is 18.2 Å². The monoisotopic (exact) mass is 293 g/mol. The van der Waals surface area contributed by atoms with Gasteiger partial charge in [0.15, 0.2) is 0 Å². The van der Waals surface area contributed by atoms with Crippen molar-refractivity contribution in [1.82, 2.24) is 4.90 Å². The molecule has 0 radical (unpaired) electrons. The van der Waals surface area contributed by atoms with Crippen molar-refractivity contribution in [2.75, 3.05) is 7.05 Å². The number of benzene rings is 1. The number of rotatable bonds is 0. The first-order valence-electron chi connectivity index (χ1n) is 7.05. The molecule has 0 saturated carbocycles. The van der Waals surface area contributed by atoms with E-state index in [1.165, 1.54) is 16.7 Å². The Labute approximate surface area is 127 Å². The van der Waals surface area contributed by atoms with Gasteiger partial charge in [-0.15, -0.1) is 11.6 Å². The highest BCUT2D eigenvalue weighted by Gasteiger charge is 2.56. The Morgan fingerprint density at radius 3 is 2.86 bits per heavy atom. The van der Waals surface area contributed by atoms with Gasteiger partial charge in [-0.25, -0.2) is 0 Å². The minimum absolute atomic E-state index is 0.0365. The number of likely N-dealkylation sites (N-methyl/N-ethyl adjacent to an activating group) is 1. The van der Waals surface area contributed by atoms with Crippen molar-refractivity contribution in [3.63, 3.8) is 0 Å². The molecule has 0 fully saturated rings. The molecule has 102 valence electrons. The van der Waals surface area contributed by atoms with Crippen LogP contribution in [0.25, 0.3) is 5.57 Å². The lowest BCUT2D eigenvalue weighted by Gasteiger charge is -2.45. The zero-order chi connectivity index (χ0) is 14.4. The second kappa shape index (κ2) is 3.40. The van der Waals surface area contributed by atoms with E-state index in [-0.39, 0.29) is 11.3 Å². The molecular formula is C18H12ClNO. The predicted molar refractivity (Wildman–Crippen MR) is 82.8 cm³/mol.